The summed E-state index contributed by atoms with van der Waals surface area (Å²) in [5, 5.41) is 13.0. The predicted molar refractivity (Wildman–Crippen MR) is 59.1 cm³/mol. The van der Waals surface area contributed by atoms with E-state index in [0.29, 0.717) is 11.4 Å². The molecule has 1 N–H and O–H groups in total. The van der Waals surface area contributed by atoms with Crippen LogP contribution in [0.15, 0.2) is 12.3 Å². The summed E-state index contributed by atoms with van der Waals surface area (Å²) in [6.45, 7) is 0. The van der Waals surface area contributed by atoms with Gasteiger partial charge in [0.2, 0.25) is 0 Å². The van der Waals surface area contributed by atoms with Gasteiger partial charge < -0.3 is 5.32 Å². The minimum absolute atomic E-state index is 0.159. The van der Waals surface area contributed by atoms with Crippen molar-refractivity contribution in [3.8, 4) is 0 Å². The third-order valence-electron chi connectivity index (χ3n) is 1.94. The van der Waals surface area contributed by atoms with Gasteiger partial charge in [0.15, 0.2) is 3.23 Å². The van der Waals surface area contributed by atoms with Crippen LogP contribution >= 0.6 is 31.9 Å². The number of aromatic nitrogens is 1. The first-order chi connectivity index (χ1) is 6.93. The van der Waals surface area contributed by atoms with Crippen molar-refractivity contribution in [1.82, 2.24) is 4.98 Å². The van der Waals surface area contributed by atoms with E-state index in [0.717, 1.165) is 6.20 Å². The van der Waals surface area contributed by atoms with Gasteiger partial charge in [-0.3, -0.25) is 14.9 Å². The van der Waals surface area contributed by atoms with Crippen molar-refractivity contribution >= 4 is 49.3 Å². The maximum Gasteiger partial charge on any atom is 0.288 e. The normalized spacial score (nSPS) is 17.1. The average Bonchev–Trinajstić information content (AvgIpc) is 2.38. The number of fused-ring (bicyclic) bond motifs is 1. The van der Waals surface area contributed by atoms with Crippen molar-refractivity contribution in [3.05, 3.63) is 27.9 Å². The highest BCUT2D eigenvalue weighted by Crippen LogP contribution is 2.47. The Morgan fingerprint density at radius 1 is 1.53 bits per heavy atom. The van der Waals surface area contributed by atoms with Crippen molar-refractivity contribution in [2.24, 2.45) is 0 Å². The van der Waals surface area contributed by atoms with E-state index >= 15 is 0 Å². The summed E-state index contributed by atoms with van der Waals surface area (Å²) in [7, 11) is 0. The number of hydrogen-bond donors (Lipinski definition) is 1. The molecule has 1 amide bonds. The van der Waals surface area contributed by atoms with Gasteiger partial charge in [-0.15, -0.1) is 0 Å². The van der Waals surface area contributed by atoms with Crippen molar-refractivity contribution in [3.63, 3.8) is 0 Å². The van der Waals surface area contributed by atoms with Crippen LogP contribution in [0.25, 0.3) is 0 Å². The molecule has 0 atom stereocenters. The van der Waals surface area contributed by atoms with Gasteiger partial charge in [-0.05, 0) is 0 Å². The molecule has 0 fully saturated rings. The number of nitrogens with one attached hydrogen (secondary N) is 1. The van der Waals surface area contributed by atoms with E-state index in [1.807, 2.05) is 0 Å². The van der Waals surface area contributed by atoms with Crippen LogP contribution in [-0.4, -0.2) is 15.8 Å². The largest absolute Gasteiger partial charge is 0.308 e. The van der Waals surface area contributed by atoms with Crippen LogP contribution in [0, 0.1) is 10.1 Å². The van der Waals surface area contributed by atoms with Crippen LogP contribution in [-0.2, 0) is 8.03 Å². The lowest BCUT2D eigenvalue weighted by atomic mass is 10.2. The number of nitro groups is 1. The Balaban J connectivity index is 2.59. The number of carbonyl (C=O) groups excluding carboxylic acids is 1. The SMILES string of the molecule is O=C1Nc2ncc([N+](=O)[O-])cc2C1(Br)Br. The van der Waals surface area contributed by atoms with Crippen LogP contribution in [0.4, 0.5) is 11.5 Å². The highest BCUT2D eigenvalue weighted by molar-refractivity contribution is 9.25. The van der Waals surface area contributed by atoms with Gasteiger partial charge in [-0.1, -0.05) is 31.9 Å². The second-order valence-electron chi connectivity index (χ2n) is 2.88. The Bertz CT molecular complexity index is 475. The van der Waals surface area contributed by atoms with Gasteiger partial charge >= 0.3 is 0 Å². The number of anilines is 1. The Hall–Kier alpha value is -1.02. The fraction of sp³-hybridized carbons (Fsp3) is 0.143. The van der Waals surface area contributed by atoms with Gasteiger partial charge in [0.1, 0.15) is 12.0 Å². The lowest BCUT2D eigenvalue weighted by Gasteiger charge is -2.08. The van der Waals surface area contributed by atoms with Crippen LogP contribution in [0.1, 0.15) is 5.56 Å². The van der Waals surface area contributed by atoms with Crippen molar-refractivity contribution < 1.29 is 9.72 Å². The number of rotatable bonds is 1. The Morgan fingerprint density at radius 3 is 2.80 bits per heavy atom. The molecule has 1 aromatic rings. The number of halogens is 2. The Morgan fingerprint density at radius 2 is 2.20 bits per heavy atom. The molecule has 0 saturated heterocycles. The van der Waals surface area contributed by atoms with Gasteiger partial charge in [-0.2, -0.15) is 0 Å². The van der Waals surface area contributed by atoms with Gasteiger partial charge in [0.25, 0.3) is 11.6 Å². The average molecular weight is 337 g/mol. The molecule has 1 aliphatic heterocycles. The van der Waals surface area contributed by atoms with Crippen LogP contribution in [0.5, 0.6) is 0 Å². The molecule has 6 nitrogen and oxygen atoms in total. The second-order valence-corrected chi connectivity index (χ2v) is 6.32. The molecule has 0 spiro atoms. The third kappa shape index (κ3) is 1.53. The van der Waals surface area contributed by atoms with Gasteiger partial charge in [-0.25, -0.2) is 4.98 Å². The molecule has 2 heterocycles. The van der Waals surface area contributed by atoms with Crippen LogP contribution in [0.2, 0.25) is 0 Å². The summed E-state index contributed by atoms with van der Waals surface area (Å²) in [6, 6.07) is 1.30. The highest BCUT2D eigenvalue weighted by Gasteiger charge is 2.44. The number of alkyl halides is 2. The molecule has 0 bridgehead atoms. The van der Waals surface area contributed by atoms with Crippen LogP contribution in [0.3, 0.4) is 0 Å². The zero-order chi connectivity index (χ0) is 11.2. The first-order valence-corrected chi connectivity index (χ1v) is 5.35. The molecular formula is C7H3Br2N3O3. The van der Waals surface area contributed by atoms with E-state index in [1.165, 1.54) is 6.07 Å². The van der Waals surface area contributed by atoms with E-state index in [1.54, 1.807) is 0 Å². The molecule has 8 heteroatoms. The smallest absolute Gasteiger partial charge is 0.288 e. The predicted octanol–water partition coefficient (Wildman–Crippen LogP) is 1.88. The molecule has 0 radical (unpaired) electrons. The van der Waals surface area contributed by atoms with Crippen molar-refractivity contribution in [2.45, 2.75) is 3.23 Å². The summed E-state index contributed by atoms with van der Waals surface area (Å²) in [4.78, 5) is 25.2. The molecule has 2 rings (SSSR count). The molecule has 1 aliphatic rings. The van der Waals surface area contributed by atoms with E-state index in [2.05, 4.69) is 42.2 Å². The first-order valence-electron chi connectivity index (χ1n) is 3.77. The third-order valence-corrected chi connectivity index (χ3v) is 3.51. The summed E-state index contributed by atoms with van der Waals surface area (Å²) < 4.78 is -1.13. The minimum atomic E-state index is -1.13. The van der Waals surface area contributed by atoms with Crippen LogP contribution < -0.4 is 5.32 Å². The molecule has 0 saturated carbocycles. The van der Waals surface area contributed by atoms with Gasteiger partial charge in [0, 0.05) is 11.6 Å². The zero-order valence-corrected chi connectivity index (χ0v) is 10.2. The van der Waals surface area contributed by atoms with Crippen molar-refractivity contribution in [1.29, 1.82) is 0 Å². The standard InChI is InChI=1S/C7H3Br2N3O3/c8-7(9)4-1-3(12(14)15)2-10-5(4)11-6(7)13/h1-2H,(H,10,11,13). The van der Waals surface area contributed by atoms with Gasteiger partial charge in [0.05, 0.1) is 4.92 Å². The lowest BCUT2D eigenvalue weighted by molar-refractivity contribution is -0.385. The second kappa shape index (κ2) is 3.24. The summed E-state index contributed by atoms with van der Waals surface area (Å²) in [5.74, 6) is -0.0372. The van der Waals surface area contributed by atoms with E-state index in [9.17, 15) is 14.9 Å². The maximum atomic E-state index is 11.4. The Labute approximate surface area is 100 Å². The molecule has 0 aliphatic carbocycles. The highest BCUT2D eigenvalue weighted by atomic mass is 79.9. The molecule has 15 heavy (non-hydrogen) atoms. The van der Waals surface area contributed by atoms with Crippen molar-refractivity contribution in [2.75, 3.05) is 5.32 Å². The maximum absolute atomic E-state index is 11.4. The minimum Gasteiger partial charge on any atom is -0.308 e. The number of pyridine rings is 1. The number of amides is 1. The number of hydrogen-bond acceptors (Lipinski definition) is 4. The number of carbonyl (C=O) groups is 1. The first kappa shape index (κ1) is 10.5. The van der Waals surface area contributed by atoms with E-state index in [4.69, 9.17) is 0 Å². The lowest BCUT2D eigenvalue weighted by Crippen LogP contribution is -2.20. The van der Waals surface area contributed by atoms with E-state index < -0.39 is 8.16 Å². The molecule has 0 aromatic carbocycles. The molecule has 0 unspecified atom stereocenters. The fourth-order valence-corrected chi connectivity index (χ4v) is 2.00. The summed E-state index contributed by atoms with van der Waals surface area (Å²) in [5.41, 5.74) is 0.246. The fourth-order valence-electron chi connectivity index (χ4n) is 1.20. The topological polar surface area (TPSA) is 85.1 Å². The number of nitrogens with zero attached hydrogens (tertiary/aromatic N) is 2. The monoisotopic (exact) mass is 335 g/mol. The molecular weight excluding hydrogens is 334 g/mol. The van der Waals surface area contributed by atoms with E-state index in [-0.39, 0.29) is 11.6 Å². The summed E-state index contributed by atoms with van der Waals surface area (Å²) in [6.07, 6.45) is 1.10. The molecule has 78 valence electrons. The Kier molecular flexibility index (Phi) is 2.27. The quantitative estimate of drug-likeness (QED) is 0.482. The summed E-state index contributed by atoms with van der Waals surface area (Å²) >= 11 is 6.26. The zero-order valence-electron chi connectivity index (χ0n) is 7.03. The molecule has 1 aromatic heterocycles.